The molecule has 102 valence electrons. The van der Waals surface area contributed by atoms with Gasteiger partial charge in [0.05, 0.1) is 14.2 Å². The molecule has 1 unspecified atom stereocenters. The summed E-state index contributed by atoms with van der Waals surface area (Å²) in [6.07, 6.45) is 0. The summed E-state index contributed by atoms with van der Waals surface area (Å²) in [5.41, 5.74) is 0. The van der Waals surface area contributed by atoms with E-state index >= 15 is 0 Å². The molecule has 19 heavy (non-hydrogen) atoms. The SMILES string of the molecule is [2H]C([2H])(N1CC(NC(C)=O)C1=O)S(=O)(=O)c1ccccc1. The van der Waals surface area contributed by atoms with Gasteiger partial charge in [0, 0.05) is 6.92 Å². The molecule has 0 saturated carbocycles. The predicted octanol–water partition coefficient (Wildman–Crippen LogP) is -0.235. The van der Waals surface area contributed by atoms with Gasteiger partial charge < -0.3 is 10.2 Å². The highest BCUT2D eigenvalue weighted by molar-refractivity contribution is 7.91. The van der Waals surface area contributed by atoms with Gasteiger partial charge in [0.2, 0.25) is 11.8 Å². The van der Waals surface area contributed by atoms with Crippen LogP contribution < -0.4 is 5.32 Å². The van der Waals surface area contributed by atoms with Crippen molar-refractivity contribution < 1.29 is 20.7 Å². The molecule has 0 radical (unpaired) electrons. The molecular weight excluding hydrogens is 268 g/mol. The van der Waals surface area contributed by atoms with Crippen LogP contribution in [0.2, 0.25) is 0 Å². The van der Waals surface area contributed by atoms with Crippen molar-refractivity contribution in [3.63, 3.8) is 0 Å². The van der Waals surface area contributed by atoms with Gasteiger partial charge in [-0.25, -0.2) is 8.42 Å². The molecule has 6 nitrogen and oxygen atoms in total. The Hall–Kier alpha value is -1.89. The minimum atomic E-state index is -4.36. The molecule has 0 aromatic heterocycles. The first-order valence-corrected chi connectivity index (χ1v) is 7.04. The molecule has 1 aliphatic heterocycles. The molecule has 1 fully saturated rings. The van der Waals surface area contributed by atoms with Crippen LogP contribution in [0.3, 0.4) is 0 Å². The first kappa shape index (κ1) is 11.0. The summed E-state index contributed by atoms with van der Waals surface area (Å²) in [5, 5.41) is 2.33. The highest BCUT2D eigenvalue weighted by Gasteiger charge is 2.39. The lowest BCUT2D eigenvalue weighted by Crippen LogP contribution is -2.64. The number of benzene rings is 1. The fraction of sp³-hybridized carbons (Fsp3) is 0.333. The van der Waals surface area contributed by atoms with Crippen molar-refractivity contribution in [2.75, 3.05) is 12.4 Å². The van der Waals surface area contributed by atoms with Crippen molar-refractivity contribution in [1.82, 2.24) is 10.2 Å². The summed E-state index contributed by atoms with van der Waals surface area (Å²) in [6.45, 7) is 1.04. The van der Waals surface area contributed by atoms with Crippen LogP contribution in [0, 0.1) is 0 Å². The summed E-state index contributed by atoms with van der Waals surface area (Å²) >= 11 is 0. The van der Waals surface area contributed by atoms with Crippen LogP contribution in [0.1, 0.15) is 9.67 Å². The Morgan fingerprint density at radius 2 is 2.11 bits per heavy atom. The average Bonchev–Trinajstić information content (AvgIpc) is 2.42. The van der Waals surface area contributed by atoms with Crippen molar-refractivity contribution in [2.24, 2.45) is 0 Å². The van der Waals surface area contributed by atoms with Crippen molar-refractivity contribution in [2.45, 2.75) is 17.9 Å². The van der Waals surface area contributed by atoms with Crippen molar-refractivity contribution in [1.29, 1.82) is 0 Å². The summed E-state index contributed by atoms with van der Waals surface area (Å²) in [6, 6.07) is 6.22. The Morgan fingerprint density at radius 1 is 1.47 bits per heavy atom. The lowest BCUT2D eigenvalue weighted by Gasteiger charge is -2.37. The number of nitrogens with zero attached hydrogens (tertiary/aromatic N) is 1. The number of likely N-dealkylation sites (tertiary alicyclic amines) is 1. The zero-order valence-electron chi connectivity index (χ0n) is 12.2. The van der Waals surface area contributed by atoms with Crippen molar-refractivity contribution in [3.05, 3.63) is 30.3 Å². The first-order chi connectivity index (χ1) is 9.68. The van der Waals surface area contributed by atoms with Gasteiger partial charge in [-0.15, -0.1) is 0 Å². The van der Waals surface area contributed by atoms with E-state index in [-0.39, 0.29) is 11.4 Å². The zero-order valence-corrected chi connectivity index (χ0v) is 11.0. The third-order valence-corrected chi connectivity index (χ3v) is 3.94. The molecular formula is C12H14N2O4S. The number of hydrogen-bond donors (Lipinski definition) is 1. The predicted molar refractivity (Wildman–Crippen MR) is 67.8 cm³/mol. The lowest BCUT2D eigenvalue weighted by atomic mass is 10.1. The molecule has 1 aromatic carbocycles. The maximum absolute atomic E-state index is 12.3. The molecule has 1 aromatic rings. The molecule has 1 atom stereocenters. The van der Waals surface area contributed by atoms with Gasteiger partial charge >= 0.3 is 0 Å². The summed E-state index contributed by atoms with van der Waals surface area (Å²) < 4.78 is 40.2. The number of amides is 2. The van der Waals surface area contributed by atoms with E-state index in [9.17, 15) is 18.0 Å². The van der Waals surface area contributed by atoms with Crippen molar-refractivity contribution in [3.8, 4) is 0 Å². The van der Waals surface area contributed by atoms with E-state index in [1.807, 2.05) is 0 Å². The van der Waals surface area contributed by atoms with Crippen LogP contribution in [0.25, 0.3) is 0 Å². The topological polar surface area (TPSA) is 83.6 Å². The minimum Gasteiger partial charge on any atom is -0.343 e. The Morgan fingerprint density at radius 3 is 2.63 bits per heavy atom. The van der Waals surface area contributed by atoms with Crippen molar-refractivity contribution >= 4 is 21.7 Å². The van der Waals surface area contributed by atoms with E-state index in [4.69, 9.17) is 2.74 Å². The van der Waals surface area contributed by atoms with E-state index in [1.54, 1.807) is 6.07 Å². The third-order valence-electron chi connectivity index (χ3n) is 2.59. The summed E-state index contributed by atoms with van der Waals surface area (Å²) in [7, 11) is -4.36. The van der Waals surface area contributed by atoms with Gasteiger partial charge in [0.15, 0.2) is 9.84 Å². The van der Waals surface area contributed by atoms with E-state index in [0.29, 0.717) is 4.90 Å². The van der Waals surface area contributed by atoms with Gasteiger partial charge in [-0.3, -0.25) is 9.59 Å². The molecule has 1 heterocycles. The maximum Gasteiger partial charge on any atom is 0.247 e. The average molecular weight is 284 g/mol. The Kier molecular flexibility index (Phi) is 2.89. The van der Waals surface area contributed by atoms with Gasteiger partial charge in [-0.2, -0.15) is 0 Å². The van der Waals surface area contributed by atoms with Gasteiger partial charge in [0.25, 0.3) is 0 Å². The maximum atomic E-state index is 12.3. The monoisotopic (exact) mass is 284 g/mol. The zero-order chi connectivity index (χ0) is 15.8. The molecule has 2 amide bonds. The largest absolute Gasteiger partial charge is 0.343 e. The highest BCUT2D eigenvalue weighted by Crippen LogP contribution is 2.17. The molecule has 1 saturated heterocycles. The van der Waals surface area contributed by atoms with Crippen LogP contribution in [-0.4, -0.2) is 43.5 Å². The molecule has 2 rings (SSSR count). The van der Waals surface area contributed by atoms with E-state index in [0.717, 1.165) is 0 Å². The second-order valence-electron chi connectivity index (χ2n) is 4.11. The van der Waals surface area contributed by atoms with Crippen LogP contribution in [0.4, 0.5) is 0 Å². The standard InChI is InChI=1S/C12H14N2O4S/c1-9(15)13-11-7-14(12(11)16)8-19(17,18)10-5-3-2-4-6-10/h2-6,11H,7-8H2,1H3,(H,13,15)/i8D2. The normalized spacial score (nSPS) is 21.2. The number of carbonyl (C=O) groups is 2. The number of carbonyl (C=O) groups excluding carboxylic acids is 2. The van der Waals surface area contributed by atoms with E-state index in [2.05, 4.69) is 5.32 Å². The first-order valence-electron chi connectivity index (χ1n) is 6.56. The fourth-order valence-corrected chi connectivity index (χ4v) is 2.73. The van der Waals surface area contributed by atoms with Crippen LogP contribution in [-0.2, 0) is 19.4 Å². The molecule has 1 aliphatic rings. The number of sulfone groups is 1. The Bertz CT molecular complexity index is 676. The number of rotatable bonds is 4. The molecule has 0 spiro atoms. The smallest absolute Gasteiger partial charge is 0.247 e. The second kappa shape index (κ2) is 5.00. The second-order valence-corrected chi connectivity index (χ2v) is 5.77. The van der Waals surface area contributed by atoms with Crippen LogP contribution in [0.15, 0.2) is 35.2 Å². The minimum absolute atomic E-state index is 0.183. The number of β-lactam (4-membered cyclic amide) rings is 1. The quantitative estimate of drug-likeness (QED) is 0.774. The molecule has 0 bridgehead atoms. The third kappa shape index (κ3) is 2.93. The van der Waals surface area contributed by atoms with E-state index in [1.165, 1.54) is 31.2 Å². The van der Waals surface area contributed by atoms with Gasteiger partial charge in [-0.1, -0.05) is 18.2 Å². The van der Waals surface area contributed by atoms with E-state index < -0.39 is 33.5 Å². The lowest BCUT2D eigenvalue weighted by molar-refractivity contribution is -0.145. The molecule has 1 N–H and O–H groups in total. The van der Waals surface area contributed by atoms with Crippen LogP contribution >= 0.6 is 0 Å². The van der Waals surface area contributed by atoms with Gasteiger partial charge in [-0.05, 0) is 12.1 Å². The van der Waals surface area contributed by atoms with Crippen LogP contribution in [0.5, 0.6) is 0 Å². The summed E-state index contributed by atoms with van der Waals surface area (Å²) in [5.74, 6) is -4.05. The molecule has 0 aliphatic carbocycles. The molecule has 7 heteroatoms. The summed E-state index contributed by atoms with van der Waals surface area (Å²) in [4.78, 5) is 23.1. The fourth-order valence-electron chi connectivity index (χ4n) is 1.66. The Labute approximate surface area is 114 Å². The van der Waals surface area contributed by atoms with Gasteiger partial charge in [0.1, 0.15) is 11.9 Å². The number of nitrogens with one attached hydrogen (secondary N) is 1. The number of hydrogen-bond acceptors (Lipinski definition) is 4. The highest BCUT2D eigenvalue weighted by atomic mass is 32.2. The Balaban J connectivity index is 2.24.